The van der Waals surface area contributed by atoms with Crippen molar-refractivity contribution in [3.8, 4) is 0 Å². The summed E-state index contributed by atoms with van der Waals surface area (Å²) in [6.07, 6.45) is 5.36. The molecule has 2 aliphatic carbocycles. The topological polar surface area (TPSA) is 0 Å². The summed E-state index contributed by atoms with van der Waals surface area (Å²) >= 11 is 0. The Balaban J connectivity index is 2.17. The molecular formula is C6H9. The van der Waals surface area contributed by atoms with Crippen LogP contribution in [0.5, 0.6) is 0 Å². The highest BCUT2D eigenvalue weighted by Crippen LogP contribution is 2.69. The maximum absolute atomic E-state index is 2.44. The molecule has 2 saturated carbocycles. The van der Waals surface area contributed by atoms with Crippen LogP contribution in [0.15, 0.2) is 0 Å². The highest BCUT2D eigenvalue weighted by molar-refractivity contribution is 5.23. The van der Waals surface area contributed by atoms with Crippen LogP contribution >= 0.6 is 0 Å². The molecular weight excluding hydrogens is 72.1 g/mol. The third-order valence-corrected chi connectivity index (χ3v) is 2.24. The van der Waals surface area contributed by atoms with Crippen molar-refractivity contribution in [2.24, 2.45) is 11.3 Å². The molecule has 0 saturated heterocycles. The Kier molecular flexibility index (Phi) is 0.283. The molecule has 0 aliphatic heterocycles. The monoisotopic (exact) mass is 81.1 g/mol. The highest BCUT2D eigenvalue weighted by Gasteiger charge is 2.60. The Morgan fingerprint density at radius 1 is 1.83 bits per heavy atom. The first kappa shape index (κ1) is 3.06. The Morgan fingerprint density at radius 2 is 2.33 bits per heavy atom. The Bertz CT molecular complexity index is 80.0. The Morgan fingerprint density at radius 3 is 2.33 bits per heavy atom. The molecule has 1 spiro atoms. The van der Waals surface area contributed by atoms with Gasteiger partial charge in [-0.15, -0.1) is 0 Å². The minimum atomic E-state index is 0.833. The lowest BCUT2D eigenvalue weighted by Gasteiger charge is -1.71. The van der Waals surface area contributed by atoms with E-state index in [0.717, 1.165) is 11.3 Å². The molecule has 0 bridgehead atoms. The molecule has 0 aromatic rings. The lowest BCUT2D eigenvalue weighted by Crippen LogP contribution is -1.65. The fourth-order valence-electron chi connectivity index (χ4n) is 1.21. The summed E-state index contributed by atoms with van der Waals surface area (Å²) in [4.78, 5) is 0. The van der Waals surface area contributed by atoms with Gasteiger partial charge in [-0.05, 0) is 30.6 Å². The van der Waals surface area contributed by atoms with Crippen LogP contribution in [0, 0.1) is 17.8 Å². The van der Waals surface area contributed by atoms with E-state index in [1.165, 1.54) is 12.8 Å². The zero-order chi connectivity index (χ0) is 4.20. The van der Waals surface area contributed by atoms with Gasteiger partial charge in [-0.2, -0.15) is 0 Å². The van der Waals surface area contributed by atoms with Crippen molar-refractivity contribution in [3.63, 3.8) is 0 Å². The van der Waals surface area contributed by atoms with Crippen LogP contribution in [0.1, 0.15) is 19.8 Å². The molecule has 33 valence electrons. The van der Waals surface area contributed by atoms with Crippen molar-refractivity contribution in [3.05, 3.63) is 6.42 Å². The fourth-order valence-corrected chi connectivity index (χ4v) is 1.21. The maximum atomic E-state index is 2.44. The Hall–Kier alpha value is 0. The van der Waals surface area contributed by atoms with Crippen molar-refractivity contribution < 1.29 is 0 Å². The van der Waals surface area contributed by atoms with Crippen LogP contribution in [0.2, 0.25) is 0 Å². The van der Waals surface area contributed by atoms with Crippen LogP contribution in [-0.2, 0) is 0 Å². The average Bonchev–Trinajstić information content (AvgIpc) is 2.25. The number of hydrogen-bond donors (Lipinski definition) is 0. The van der Waals surface area contributed by atoms with E-state index < -0.39 is 0 Å². The van der Waals surface area contributed by atoms with Crippen molar-refractivity contribution in [1.82, 2.24) is 0 Å². The van der Waals surface area contributed by atoms with Gasteiger partial charge in [-0.3, -0.25) is 0 Å². The molecule has 2 unspecified atom stereocenters. The molecule has 0 N–H and O–H groups in total. The zero-order valence-electron chi connectivity index (χ0n) is 4.07. The van der Waals surface area contributed by atoms with Crippen LogP contribution in [-0.4, -0.2) is 0 Å². The summed E-state index contributed by atoms with van der Waals surface area (Å²) in [5.41, 5.74) is 0.833. The second kappa shape index (κ2) is 0.556. The standard InChI is InChI=1S/C6H9/c1-5-4-6(5)2-3-6/h2,5H,3-4H2,1H3. The largest absolute Gasteiger partial charge is 0.0619 e. The summed E-state index contributed by atoms with van der Waals surface area (Å²) in [5, 5.41) is 0. The summed E-state index contributed by atoms with van der Waals surface area (Å²) in [6, 6.07) is 0. The summed E-state index contributed by atoms with van der Waals surface area (Å²) in [6.45, 7) is 2.34. The van der Waals surface area contributed by atoms with E-state index in [1.807, 2.05) is 0 Å². The van der Waals surface area contributed by atoms with Crippen LogP contribution in [0.25, 0.3) is 0 Å². The molecule has 2 aliphatic rings. The van der Waals surface area contributed by atoms with Gasteiger partial charge in [0.1, 0.15) is 0 Å². The predicted octanol–water partition coefficient (Wildman–Crippen LogP) is 1.62. The van der Waals surface area contributed by atoms with E-state index in [4.69, 9.17) is 0 Å². The van der Waals surface area contributed by atoms with Gasteiger partial charge in [0.15, 0.2) is 0 Å². The van der Waals surface area contributed by atoms with E-state index in [-0.39, 0.29) is 0 Å². The summed E-state index contributed by atoms with van der Waals surface area (Å²) in [7, 11) is 0. The smallest absolute Gasteiger partial charge is 0.0235 e. The molecule has 2 rings (SSSR count). The van der Waals surface area contributed by atoms with Gasteiger partial charge in [-0.1, -0.05) is 6.92 Å². The molecule has 0 heterocycles. The molecule has 2 fully saturated rings. The SMILES string of the molecule is CC1CC12[CH]C2. The molecule has 6 heavy (non-hydrogen) atoms. The van der Waals surface area contributed by atoms with Crippen LogP contribution in [0.4, 0.5) is 0 Å². The minimum Gasteiger partial charge on any atom is -0.0619 e. The average molecular weight is 81.1 g/mol. The molecule has 0 heteroatoms. The first-order valence-corrected chi connectivity index (χ1v) is 2.68. The third-order valence-electron chi connectivity index (χ3n) is 2.24. The van der Waals surface area contributed by atoms with Gasteiger partial charge >= 0.3 is 0 Å². The number of hydrogen-bond acceptors (Lipinski definition) is 0. The molecule has 2 atom stereocenters. The Labute approximate surface area is 38.6 Å². The first-order valence-electron chi connectivity index (χ1n) is 2.68. The summed E-state index contributed by atoms with van der Waals surface area (Å²) < 4.78 is 0. The van der Waals surface area contributed by atoms with E-state index in [1.54, 1.807) is 0 Å². The zero-order valence-corrected chi connectivity index (χ0v) is 4.07. The van der Waals surface area contributed by atoms with Gasteiger partial charge in [0.2, 0.25) is 0 Å². The fraction of sp³-hybridized carbons (Fsp3) is 0.833. The minimum absolute atomic E-state index is 0.833. The molecule has 0 amide bonds. The van der Waals surface area contributed by atoms with Crippen LogP contribution in [0.3, 0.4) is 0 Å². The second-order valence-corrected chi connectivity index (χ2v) is 2.75. The highest BCUT2D eigenvalue weighted by atomic mass is 14.6. The van der Waals surface area contributed by atoms with Gasteiger partial charge in [0.05, 0.1) is 0 Å². The van der Waals surface area contributed by atoms with E-state index in [2.05, 4.69) is 13.3 Å². The van der Waals surface area contributed by atoms with Gasteiger partial charge < -0.3 is 0 Å². The van der Waals surface area contributed by atoms with E-state index >= 15 is 0 Å². The quantitative estimate of drug-likeness (QED) is 0.415. The summed E-state index contributed by atoms with van der Waals surface area (Å²) in [5.74, 6) is 1.05. The molecule has 1 radical (unpaired) electrons. The van der Waals surface area contributed by atoms with E-state index in [0.29, 0.717) is 0 Å². The predicted molar refractivity (Wildman–Crippen MR) is 25.1 cm³/mol. The van der Waals surface area contributed by atoms with Crippen LogP contribution < -0.4 is 0 Å². The normalized spacial score (nSPS) is 46.5. The second-order valence-electron chi connectivity index (χ2n) is 2.75. The van der Waals surface area contributed by atoms with Crippen molar-refractivity contribution in [2.75, 3.05) is 0 Å². The van der Waals surface area contributed by atoms with Crippen molar-refractivity contribution >= 4 is 0 Å². The van der Waals surface area contributed by atoms with Gasteiger partial charge in [0.25, 0.3) is 0 Å². The molecule has 0 nitrogen and oxygen atoms in total. The molecule has 0 aromatic carbocycles. The van der Waals surface area contributed by atoms with Crippen molar-refractivity contribution in [2.45, 2.75) is 19.8 Å². The maximum Gasteiger partial charge on any atom is -0.0235 e. The third kappa shape index (κ3) is 0.184. The number of rotatable bonds is 0. The van der Waals surface area contributed by atoms with Crippen molar-refractivity contribution in [1.29, 1.82) is 0 Å². The molecule has 0 aromatic heterocycles. The van der Waals surface area contributed by atoms with E-state index in [9.17, 15) is 0 Å². The van der Waals surface area contributed by atoms with Gasteiger partial charge in [0, 0.05) is 0 Å². The lowest BCUT2D eigenvalue weighted by atomic mass is 10.3. The first-order chi connectivity index (χ1) is 2.83. The lowest BCUT2D eigenvalue weighted by molar-refractivity contribution is 0.799. The van der Waals surface area contributed by atoms with Gasteiger partial charge in [-0.25, -0.2) is 0 Å².